The first-order valence-corrected chi connectivity index (χ1v) is 6.88. The minimum atomic E-state index is 0.455. The largest absolute Gasteiger partial charge is 0.376 e. The first-order chi connectivity index (χ1) is 9.20. The first-order valence-electron chi connectivity index (χ1n) is 6.88. The number of ether oxygens (including phenoxy) is 1. The number of nitrogens with two attached hydrogens (primary N) is 1. The molecule has 0 unspecified atom stereocenters. The summed E-state index contributed by atoms with van der Waals surface area (Å²) in [6, 6.07) is 0. The van der Waals surface area contributed by atoms with Crippen molar-refractivity contribution in [1.82, 2.24) is 9.97 Å². The van der Waals surface area contributed by atoms with Crippen LogP contribution in [-0.4, -0.2) is 29.2 Å². The second-order valence-electron chi connectivity index (χ2n) is 4.94. The van der Waals surface area contributed by atoms with Crippen LogP contribution in [0, 0.1) is 13.8 Å². The van der Waals surface area contributed by atoms with E-state index in [0.717, 1.165) is 17.9 Å². The molecule has 1 aromatic rings. The molecule has 6 nitrogen and oxygen atoms in total. The summed E-state index contributed by atoms with van der Waals surface area (Å²) in [7, 11) is 0. The number of hydrogen-bond acceptors (Lipinski definition) is 6. The fourth-order valence-corrected chi connectivity index (χ4v) is 2.39. The number of hydrogen-bond donors (Lipinski definition) is 3. The van der Waals surface area contributed by atoms with E-state index in [0.29, 0.717) is 24.4 Å². The Balaban J connectivity index is 1.83. The molecule has 0 amide bonds. The Bertz CT molecular complexity index is 418. The van der Waals surface area contributed by atoms with E-state index in [4.69, 9.17) is 10.6 Å². The molecular formula is C13H23N5O. The van der Waals surface area contributed by atoms with Gasteiger partial charge in [0.1, 0.15) is 17.5 Å². The first kappa shape index (κ1) is 14.0. The van der Waals surface area contributed by atoms with Gasteiger partial charge in [-0.25, -0.2) is 15.8 Å². The molecule has 19 heavy (non-hydrogen) atoms. The van der Waals surface area contributed by atoms with Gasteiger partial charge >= 0.3 is 0 Å². The summed E-state index contributed by atoms with van der Waals surface area (Å²) >= 11 is 0. The van der Waals surface area contributed by atoms with Crippen molar-refractivity contribution in [2.75, 3.05) is 23.9 Å². The normalized spacial score (nSPS) is 15.7. The molecule has 0 atom stereocenters. The Morgan fingerprint density at radius 3 is 2.58 bits per heavy atom. The summed E-state index contributed by atoms with van der Waals surface area (Å²) in [5, 5.41) is 3.28. The van der Waals surface area contributed by atoms with Crippen molar-refractivity contribution >= 4 is 11.6 Å². The van der Waals surface area contributed by atoms with Gasteiger partial charge in [-0.1, -0.05) is 12.8 Å². The van der Waals surface area contributed by atoms with E-state index in [2.05, 4.69) is 20.7 Å². The molecule has 0 aromatic carbocycles. The standard InChI is InChI=1S/C13H23N5O/c1-9-12(16-10(2)17-13(9)18-14)15-7-8-19-11-5-3-4-6-11/h11H,3-8,14H2,1-2H3,(H2,15,16,17,18). The zero-order valence-electron chi connectivity index (χ0n) is 11.7. The van der Waals surface area contributed by atoms with Crippen LogP contribution >= 0.6 is 0 Å². The minimum Gasteiger partial charge on any atom is -0.376 e. The van der Waals surface area contributed by atoms with E-state index < -0.39 is 0 Å². The van der Waals surface area contributed by atoms with Crippen molar-refractivity contribution in [1.29, 1.82) is 0 Å². The SMILES string of the molecule is Cc1nc(NN)c(C)c(NCCOC2CCCC2)n1. The van der Waals surface area contributed by atoms with Crippen LogP contribution in [0.5, 0.6) is 0 Å². The molecule has 1 saturated carbocycles. The molecule has 4 N–H and O–H groups in total. The van der Waals surface area contributed by atoms with Crippen LogP contribution in [0.25, 0.3) is 0 Å². The lowest BCUT2D eigenvalue weighted by Crippen LogP contribution is -2.18. The molecule has 1 fully saturated rings. The zero-order chi connectivity index (χ0) is 13.7. The van der Waals surface area contributed by atoms with Crippen LogP contribution in [-0.2, 0) is 4.74 Å². The molecule has 0 spiro atoms. The Labute approximate surface area is 114 Å². The van der Waals surface area contributed by atoms with Crippen molar-refractivity contribution in [3.8, 4) is 0 Å². The molecule has 0 bridgehead atoms. The second-order valence-corrected chi connectivity index (χ2v) is 4.94. The van der Waals surface area contributed by atoms with Crippen LogP contribution in [0.3, 0.4) is 0 Å². The fourth-order valence-electron chi connectivity index (χ4n) is 2.39. The van der Waals surface area contributed by atoms with E-state index >= 15 is 0 Å². The van der Waals surface area contributed by atoms with E-state index in [1.165, 1.54) is 25.7 Å². The quantitative estimate of drug-likeness (QED) is 0.413. The van der Waals surface area contributed by atoms with Crippen molar-refractivity contribution in [2.45, 2.75) is 45.6 Å². The fraction of sp³-hybridized carbons (Fsp3) is 0.692. The highest BCUT2D eigenvalue weighted by Crippen LogP contribution is 2.21. The highest BCUT2D eigenvalue weighted by atomic mass is 16.5. The highest BCUT2D eigenvalue weighted by molar-refractivity contribution is 5.56. The van der Waals surface area contributed by atoms with Crippen molar-refractivity contribution in [2.24, 2.45) is 5.84 Å². The number of nitrogens with zero attached hydrogens (tertiary/aromatic N) is 2. The number of rotatable bonds is 6. The summed E-state index contributed by atoms with van der Waals surface area (Å²) in [5.41, 5.74) is 3.51. The summed E-state index contributed by atoms with van der Waals surface area (Å²) in [5.74, 6) is 7.60. The second kappa shape index (κ2) is 6.68. The van der Waals surface area contributed by atoms with Gasteiger partial charge < -0.3 is 15.5 Å². The summed E-state index contributed by atoms with van der Waals surface area (Å²) in [6.45, 7) is 5.24. The van der Waals surface area contributed by atoms with Gasteiger partial charge in [-0.2, -0.15) is 0 Å². The van der Waals surface area contributed by atoms with Crippen molar-refractivity contribution in [3.63, 3.8) is 0 Å². The van der Waals surface area contributed by atoms with E-state index in [1.807, 2.05) is 13.8 Å². The van der Waals surface area contributed by atoms with E-state index in [9.17, 15) is 0 Å². The smallest absolute Gasteiger partial charge is 0.148 e. The lowest BCUT2D eigenvalue weighted by molar-refractivity contribution is 0.0658. The van der Waals surface area contributed by atoms with Crippen LogP contribution in [0.2, 0.25) is 0 Å². The number of anilines is 2. The molecule has 1 heterocycles. The van der Waals surface area contributed by atoms with E-state index in [-0.39, 0.29) is 0 Å². The lowest BCUT2D eigenvalue weighted by atomic mass is 10.3. The minimum absolute atomic E-state index is 0.455. The Morgan fingerprint density at radius 2 is 1.89 bits per heavy atom. The maximum Gasteiger partial charge on any atom is 0.148 e. The van der Waals surface area contributed by atoms with Crippen LogP contribution in [0.15, 0.2) is 0 Å². The predicted octanol–water partition coefficient (Wildman–Crippen LogP) is 1.75. The molecule has 0 saturated heterocycles. The number of aromatic nitrogens is 2. The number of hydrazine groups is 1. The van der Waals surface area contributed by atoms with Gasteiger partial charge in [0.25, 0.3) is 0 Å². The van der Waals surface area contributed by atoms with Gasteiger partial charge in [-0.15, -0.1) is 0 Å². The zero-order valence-corrected chi connectivity index (χ0v) is 11.7. The monoisotopic (exact) mass is 265 g/mol. The predicted molar refractivity (Wildman–Crippen MR) is 76.0 cm³/mol. The maximum atomic E-state index is 5.81. The number of aryl methyl sites for hydroxylation is 1. The average Bonchev–Trinajstić information content (AvgIpc) is 2.91. The molecule has 1 aliphatic carbocycles. The van der Waals surface area contributed by atoms with Crippen LogP contribution < -0.4 is 16.6 Å². The average molecular weight is 265 g/mol. The topological polar surface area (TPSA) is 85.1 Å². The summed E-state index contributed by atoms with van der Waals surface area (Å²) < 4.78 is 5.81. The molecule has 2 rings (SSSR count). The molecule has 6 heteroatoms. The molecular weight excluding hydrogens is 242 g/mol. The number of nitrogens with one attached hydrogen (secondary N) is 2. The Morgan fingerprint density at radius 1 is 1.21 bits per heavy atom. The van der Waals surface area contributed by atoms with E-state index in [1.54, 1.807) is 0 Å². The molecule has 106 valence electrons. The molecule has 1 aliphatic rings. The Hall–Kier alpha value is -1.40. The highest BCUT2D eigenvalue weighted by Gasteiger charge is 2.15. The van der Waals surface area contributed by atoms with Gasteiger partial charge in [-0.05, 0) is 26.7 Å². The van der Waals surface area contributed by atoms with Gasteiger partial charge in [0.05, 0.1) is 12.7 Å². The van der Waals surface area contributed by atoms with Crippen molar-refractivity contribution in [3.05, 3.63) is 11.4 Å². The third kappa shape index (κ3) is 3.78. The maximum absolute atomic E-state index is 5.81. The lowest BCUT2D eigenvalue weighted by Gasteiger charge is -2.14. The van der Waals surface area contributed by atoms with Gasteiger partial charge in [0, 0.05) is 12.1 Å². The van der Waals surface area contributed by atoms with Crippen molar-refractivity contribution < 1.29 is 4.74 Å². The van der Waals surface area contributed by atoms with Crippen LogP contribution in [0.1, 0.15) is 37.1 Å². The summed E-state index contributed by atoms with van der Waals surface area (Å²) in [4.78, 5) is 8.60. The van der Waals surface area contributed by atoms with Crippen LogP contribution in [0.4, 0.5) is 11.6 Å². The molecule has 1 aromatic heterocycles. The number of nitrogen functional groups attached to an aromatic ring is 1. The van der Waals surface area contributed by atoms with Gasteiger partial charge in [0.15, 0.2) is 0 Å². The van der Waals surface area contributed by atoms with Gasteiger partial charge in [-0.3, -0.25) is 0 Å². The molecule has 0 radical (unpaired) electrons. The molecule has 0 aliphatic heterocycles. The Kier molecular flexibility index (Phi) is 4.93. The third-order valence-corrected chi connectivity index (χ3v) is 3.44. The summed E-state index contributed by atoms with van der Waals surface area (Å²) in [6.07, 6.45) is 5.46. The third-order valence-electron chi connectivity index (χ3n) is 3.44. The van der Waals surface area contributed by atoms with Gasteiger partial charge in [0.2, 0.25) is 0 Å².